The summed E-state index contributed by atoms with van der Waals surface area (Å²) in [5, 5.41) is 3.52. The Hall–Kier alpha value is -1.49. The molecule has 3 N–H and O–H groups in total. The lowest BCUT2D eigenvalue weighted by atomic mass is 9.89. The van der Waals surface area contributed by atoms with Crippen LogP contribution < -0.4 is 11.1 Å². The van der Waals surface area contributed by atoms with Crippen LogP contribution >= 0.6 is 11.8 Å². The average Bonchev–Trinajstić information content (AvgIpc) is 2.38. The molecule has 0 saturated heterocycles. The number of carbonyl (C=O) groups is 1. The predicted octanol–water partition coefficient (Wildman–Crippen LogP) is 2.49. The average molecular weight is 291 g/mol. The molecule has 1 atom stereocenters. The fourth-order valence-electron chi connectivity index (χ4n) is 2.22. The Bertz CT molecular complexity index is 524. The summed E-state index contributed by atoms with van der Waals surface area (Å²) in [5.74, 6) is 0.931. The van der Waals surface area contributed by atoms with Gasteiger partial charge in [-0.2, -0.15) is 0 Å². The summed E-state index contributed by atoms with van der Waals surface area (Å²) in [4.78, 5) is 16.5. The standard InChI is InChI=1S/C15H21N3OS/c1-10(2)17-13(19)11-4-6-12(7-5-11)15(3)8-9-20-14(16)18-15/h4-7,10H,8-9H2,1-3H3,(H2,16,18)(H,17,19). The monoisotopic (exact) mass is 291 g/mol. The van der Waals surface area contributed by atoms with E-state index in [0.29, 0.717) is 10.7 Å². The summed E-state index contributed by atoms with van der Waals surface area (Å²) in [5.41, 5.74) is 7.33. The van der Waals surface area contributed by atoms with Crippen LogP contribution in [0.1, 0.15) is 43.1 Å². The van der Waals surface area contributed by atoms with Gasteiger partial charge in [-0.3, -0.25) is 9.79 Å². The largest absolute Gasteiger partial charge is 0.379 e. The maximum absolute atomic E-state index is 11.9. The Morgan fingerprint density at radius 1 is 1.40 bits per heavy atom. The van der Waals surface area contributed by atoms with Gasteiger partial charge in [0.05, 0.1) is 5.54 Å². The highest BCUT2D eigenvalue weighted by atomic mass is 32.2. The van der Waals surface area contributed by atoms with Gasteiger partial charge >= 0.3 is 0 Å². The van der Waals surface area contributed by atoms with Crippen LogP contribution in [-0.4, -0.2) is 22.9 Å². The van der Waals surface area contributed by atoms with Gasteiger partial charge < -0.3 is 11.1 Å². The number of hydrogen-bond acceptors (Lipinski definition) is 4. The molecule has 1 unspecified atom stereocenters. The number of aliphatic imine (C=N–C) groups is 1. The van der Waals surface area contributed by atoms with Crippen molar-refractivity contribution in [3.8, 4) is 0 Å². The number of amides is 1. The molecule has 5 heteroatoms. The fourth-order valence-corrected chi connectivity index (χ4v) is 3.20. The molecule has 2 rings (SSSR count). The Morgan fingerprint density at radius 3 is 2.60 bits per heavy atom. The minimum absolute atomic E-state index is 0.0427. The number of benzene rings is 1. The van der Waals surface area contributed by atoms with E-state index >= 15 is 0 Å². The van der Waals surface area contributed by atoms with Crippen LogP contribution in [-0.2, 0) is 5.54 Å². The number of hydrogen-bond donors (Lipinski definition) is 2. The zero-order valence-corrected chi connectivity index (χ0v) is 13.0. The number of rotatable bonds is 3. The van der Waals surface area contributed by atoms with Crippen molar-refractivity contribution in [3.63, 3.8) is 0 Å². The second-order valence-corrected chi connectivity index (χ2v) is 6.64. The summed E-state index contributed by atoms with van der Waals surface area (Å²) in [6.45, 7) is 5.98. The lowest BCUT2D eigenvalue weighted by molar-refractivity contribution is 0.0943. The molecule has 1 aliphatic heterocycles. The Labute approximate surface area is 124 Å². The molecular weight excluding hydrogens is 270 g/mol. The number of amidine groups is 1. The highest BCUT2D eigenvalue weighted by molar-refractivity contribution is 8.13. The van der Waals surface area contributed by atoms with Crippen molar-refractivity contribution in [3.05, 3.63) is 35.4 Å². The summed E-state index contributed by atoms with van der Waals surface area (Å²) in [7, 11) is 0. The molecule has 0 radical (unpaired) electrons. The molecule has 1 amide bonds. The van der Waals surface area contributed by atoms with Crippen LogP contribution in [0.4, 0.5) is 0 Å². The van der Waals surface area contributed by atoms with E-state index in [1.165, 1.54) is 0 Å². The molecular formula is C15H21N3OS. The SMILES string of the molecule is CC(C)NC(=O)c1ccc(C2(C)CCSC(N)=N2)cc1. The van der Waals surface area contributed by atoms with Crippen molar-refractivity contribution in [2.24, 2.45) is 10.7 Å². The van der Waals surface area contributed by atoms with Crippen LogP contribution in [0.25, 0.3) is 0 Å². The topological polar surface area (TPSA) is 67.5 Å². The lowest BCUT2D eigenvalue weighted by Crippen LogP contribution is -2.30. The van der Waals surface area contributed by atoms with Gasteiger partial charge in [-0.25, -0.2) is 0 Å². The van der Waals surface area contributed by atoms with Gasteiger partial charge in [0.25, 0.3) is 5.91 Å². The number of nitrogens with two attached hydrogens (primary N) is 1. The van der Waals surface area contributed by atoms with E-state index in [9.17, 15) is 4.79 Å². The van der Waals surface area contributed by atoms with Crippen LogP contribution in [0.15, 0.2) is 29.3 Å². The summed E-state index contributed by atoms with van der Waals surface area (Å²) < 4.78 is 0. The van der Waals surface area contributed by atoms with E-state index in [0.717, 1.165) is 17.7 Å². The summed E-state index contributed by atoms with van der Waals surface area (Å²) in [6, 6.07) is 7.79. The maximum Gasteiger partial charge on any atom is 0.251 e. The molecule has 1 heterocycles. The van der Waals surface area contributed by atoms with Crippen molar-refractivity contribution >= 4 is 22.8 Å². The van der Waals surface area contributed by atoms with Crippen LogP contribution in [0.5, 0.6) is 0 Å². The molecule has 4 nitrogen and oxygen atoms in total. The summed E-state index contributed by atoms with van der Waals surface area (Å²) >= 11 is 1.59. The van der Waals surface area contributed by atoms with Gasteiger partial charge in [-0.1, -0.05) is 23.9 Å². The Balaban J connectivity index is 2.20. The molecule has 20 heavy (non-hydrogen) atoms. The van der Waals surface area contributed by atoms with E-state index in [1.54, 1.807) is 11.8 Å². The highest BCUT2D eigenvalue weighted by Crippen LogP contribution is 2.34. The van der Waals surface area contributed by atoms with Gasteiger partial charge in [0, 0.05) is 17.4 Å². The van der Waals surface area contributed by atoms with E-state index in [4.69, 9.17) is 5.73 Å². The van der Waals surface area contributed by atoms with Crippen molar-refractivity contribution in [2.75, 3.05) is 5.75 Å². The zero-order valence-electron chi connectivity index (χ0n) is 12.1. The van der Waals surface area contributed by atoms with Gasteiger partial charge in [0.2, 0.25) is 0 Å². The smallest absolute Gasteiger partial charge is 0.251 e. The van der Waals surface area contributed by atoms with E-state index in [2.05, 4.69) is 17.2 Å². The van der Waals surface area contributed by atoms with Gasteiger partial charge in [-0.15, -0.1) is 0 Å². The number of thioether (sulfide) groups is 1. The van der Waals surface area contributed by atoms with Crippen molar-refractivity contribution in [1.29, 1.82) is 0 Å². The van der Waals surface area contributed by atoms with Gasteiger partial charge in [0.1, 0.15) is 0 Å². The molecule has 0 aliphatic carbocycles. The molecule has 108 valence electrons. The second kappa shape index (κ2) is 5.87. The van der Waals surface area contributed by atoms with Crippen LogP contribution in [0.3, 0.4) is 0 Å². The van der Waals surface area contributed by atoms with Crippen molar-refractivity contribution in [2.45, 2.75) is 38.8 Å². The number of nitrogens with one attached hydrogen (secondary N) is 1. The van der Waals surface area contributed by atoms with E-state index in [1.807, 2.05) is 38.1 Å². The van der Waals surface area contributed by atoms with Gasteiger partial charge in [-0.05, 0) is 44.9 Å². The first-order valence-electron chi connectivity index (χ1n) is 6.80. The first-order valence-corrected chi connectivity index (χ1v) is 7.79. The minimum Gasteiger partial charge on any atom is -0.379 e. The fraction of sp³-hybridized carbons (Fsp3) is 0.467. The minimum atomic E-state index is -0.275. The number of carbonyl (C=O) groups excluding carboxylic acids is 1. The maximum atomic E-state index is 11.9. The molecule has 0 aromatic heterocycles. The highest BCUT2D eigenvalue weighted by Gasteiger charge is 2.29. The molecule has 0 spiro atoms. The molecule has 1 aliphatic rings. The third-order valence-corrected chi connectivity index (χ3v) is 4.18. The third-order valence-electron chi connectivity index (χ3n) is 3.38. The van der Waals surface area contributed by atoms with Crippen LogP contribution in [0.2, 0.25) is 0 Å². The lowest BCUT2D eigenvalue weighted by Gasteiger charge is -2.29. The van der Waals surface area contributed by atoms with Crippen LogP contribution in [0, 0.1) is 0 Å². The molecule has 0 bridgehead atoms. The Morgan fingerprint density at radius 2 is 2.05 bits per heavy atom. The quantitative estimate of drug-likeness (QED) is 0.899. The summed E-state index contributed by atoms with van der Waals surface area (Å²) in [6.07, 6.45) is 0.954. The molecule has 0 fully saturated rings. The van der Waals surface area contributed by atoms with Gasteiger partial charge in [0.15, 0.2) is 5.17 Å². The number of nitrogens with zero attached hydrogens (tertiary/aromatic N) is 1. The molecule has 1 aromatic rings. The second-order valence-electron chi connectivity index (χ2n) is 5.53. The van der Waals surface area contributed by atoms with Crippen molar-refractivity contribution in [1.82, 2.24) is 5.32 Å². The predicted molar refractivity (Wildman–Crippen MR) is 85.1 cm³/mol. The third kappa shape index (κ3) is 3.33. The normalized spacial score (nSPS) is 22.5. The first kappa shape index (κ1) is 14.9. The molecule has 0 saturated carbocycles. The van der Waals surface area contributed by atoms with E-state index < -0.39 is 0 Å². The first-order chi connectivity index (χ1) is 9.40. The molecule has 1 aromatic carbocycles. The van der Waals surface area contributed by atoms with E-state index in [-0.39, 0.29) is 17.5 Å². The zero-order chi connectivity index (χ0) is 14.8. The Kier molecular flexibility index (Phi) is 4.38. The van der Waals surface area contributed by atoms with Crippen molar-refractivity contribution < 1.29 is 4.79 Å².